The first-order valence-corrected chi connectivity index (χ1v) is 5.83. The van der Waals surface area contributed by atoms with Gasteiger partial charge in [0.15, 0.2) is 11.5 Å². The van der Waals surface area contributed by atoms with Crippen molar-refractivity contribution in [3.63, 3.8) is 0 Å². The maximum atomic E-state index is 9.00. The number of rotatable bonds is 8. The summed E-state index contributed by atoms with van der Waals surface area (Å²) in [6.45, 7) is 0.830. The Labute approximate surface area is 102 Å². The molecule has 1 aromatic carbocycles. The van der Waals surface area contributed by atoms with Gasteiger partial charge in [0.2, 0.25) is 0 Å². The van der Waals surface area contributed by atoms with Crippen molar-refractivity contribution >= 4 is 0 Å². The second-order valence-corrected chi connectivity index (χ2v) is 3.78. The standard InChI is InChI=1S/C13H20O4/c1-16-13-9-11(10-15)5-6-12(13)17-8-4-2-3-7-14/h5-6,9,14-15H,2-4,7-8,10H2,1H3. The molecule has 0 saturated carbocycles. The zero-order chi connectivity index (χ0) is 12.5. The Kier molecular flexibility index (Phi) is 6.43. The van der Waals surface area contributed by atoms with Crippen molar-refractivity contribution < 1.29 is 19.7 Å². The average molecular weight is 240 g/mol. The first-order valence-electron chi connectivity index (χ1n) is 5.83. The summed E-state index contributed by atoms with van der Waals surface area (Å²) in [5.74, 6) is 1.33. The molecule has 96 valence electrons. The number of aliphatic hydroxyl groups is 2. The number of methoxy groups -OCH3 is 1. The first-order chi connectivity index (χ1) is 8.31. The Morgan fingerprint density at radius 1 is 1.06 bits per heavy atom. The van der Waals surface area contributed by atoms with Gasteiger partial charge >= 0.3 is 0 Å². The second kappa shape index (κ2) is 7.92. The van der Waals surface area contributed by atoms with E-state index >= 15 is 0 Å². The summed E-state index contributed by atoms with van der Waals surface area (Å²) in [5, 5.41) is 17.6. The van der Waals surface area contributed by atoms with Crippen LogP contribution in [0.3, 0.4) is 0 Å². The Hall–Kier alpha value is -1.26. The van der Waals surface area contributed by atoms with E-state index in [1.807, 2.05) is 6.07 Å². The summed E-state index contributed by atoms with van der Waals surface area (Å²) in [4.78, 5) is 0. The van der Waals surface area contributed by atoms with Crippen molar-refractivity contribution in [2.24, 2.45) is 0 Å². The van der Waals surface area contributed by atoms with Crippen LogP contribution in [0.2, 0.25) is 0 Å². The molecule has 0 aliphatic heterocycles. The fraction of sp³-hybridized carbons (Fsp3) is 0.538. The van der Waals surface area contributed by atoms with Crippen LogP contribution in [-0.2, 0) is 6.61 Å². The van der Waals surface area contributed by atoms with Crippen LogP contribution < -0.4 is 9.47 Å². The van der Waals surface area contributed by atoms with Gasteiger partial charge in [-0.1, -0.05) is 6.07 Å². The molecule has 0 aliphatic rings. The van der Waals surface area contributed by atoms with Gasteiger partial charge in [-0.3, -0.25) is 0 Å². The highest BCUT2D eigenvalue weighted by atomic mass is 16.5. The van der Waals surface area contributed by atoms with Gasteiger partial charge in [-0.25, -0.2) is 0 Å². The molecular weight excluding hydrogens is 220 g/mol. The van der Waals surface area contributed by atoms with E-state index in [0.717, 1.165) is 24.8 Å². The molecule has 4 heteroatoms. The molecule has 17 heavy (non-hydrogen) atoms. The van der Waals surface area contributed by atoms with E-state index in [-0.39, 0.29) is 13.2 Å². The van der Waals surface area contributed by atoms with Crippen molar-refractivity contribution in [1.82, 2.24) is 0 Å². The highest BCUT2D eigenvalue weighted by Gasteiger charge is 2.05. The van der Waals surface area contributed by atoms with Crippen molar-refractivity contribution in [3.05, 3.63) is 23.8 Å². The fourth-order valence-corrected chi connectivity index (χ4v) is 1.50. The fourth-order valence-electron chi connectivity index (χ4n) is 1.50. The predicted molar refractivity (Wildman–Crippen MR) is 65.3 cm³/mol. The number of aliphatic hydroxyl groups excluding tert-OH is 2. The third kappa shape index (κ3) is 4.63. The van der Waals surface area contributed by atoms with E-state index in [1.54, 1.807) is 19.2 Å². The summed E-state index contributed by atoms with van der Waals surface area (Å²) in [5.41, 5.74) is 0.800. The molecule has 0 aliphatic carbocycles. The van der Waals surface area contributed by atoms with Gasteiger partial charge in [0.1, 0.15) is 0 Å². The van der Waals surface area contributed by atoms with Gasteiger partial charge in [0.25, 0.3) is 0 Å². The summed E-state index contributed by atoms with van der Waals surface area (Å²) < 4.78 is 10.8. The third-order valence-corrected chi connectivity index (χ3v) is 2.47. The zero-order valence-electron chi connectivity index (χ0n) is 10.2. The highest BCUT2D eigenvalue weighted by Crippen LogP contribution is 2.28. The summed E-state index contributed by atoms with van der Waals surface area (Å²) in [6.07, 6.45) is 2.67. The molecule has 0 unspecified atom stereocenters. The third-order valence-electron chi connectivity index (χ3n) is 2.47. The van der Waals surface area contributed by atoms with Crippen LogP contribution in [0.25, 0.3) is 0 Å². The minimum absolute atomic E-state index is 0.00681. The molecule has 0 spiro atoms. The van der Waals surface area contributed by atoms with E-state index in [9.17, 15) is 0 Å². The van der Waals surface area contributed by atoms with Gasteiger partial charge < -0.3 is 19.7 Å². The minimum atomic E-state index is -0.00681. The molecule has 0 bridgehead atoms. The van der Waals surface area contributed by atoms with Crippen LogP contribution in [-0.4, -0.2) is 30.5 Å². The molecule has 0 atom stereocenters. The second-order valence-electron chi connectivity index (χ2n) is 3.78. The van der Waals surface area contributed by atoms with Crippen molar-refractivity contribution in [2.45, 2.75) is 25.9 Å². The van der Waals surface area contributed by atoms with Gasteiger partial charge in [0, 0.05) is 6.61 Å². The SMILES string of the molecule is COc1cc(CO)ccc1OCCCCCO. The quantitative estimate of drug-likeness (QED) is 0.679. The van der Waals surface area contributed by atoms with E-state index in [4.69, 9.17) is 19.7 Å². The Morgan fingerprint density at radius 3 is 2.53 bits per heavy atom. The Morgan fingerprint density at radius 2 is 1.88 bits per heavy atom. The van der Waals surface area contributed by atoms with E-state index in [0.29, 0.717) is 18.1 Å². The monoisotopic (exact) mass is 240 g/mol. The Balaban J connectivity index is 2.46. The molecule has 0 saturated heterocycles. The molecule has 0 aromatic heterocycles. The lowest BCUT2D eigenvalue weighted by molar-refractivity contribution is 0.259. The first kappa shape index (κ1) is 13.8. The molecule has 1 aromatic rings. The van der Waals surface area contributed by atoms with Crippen LogP contribution in [0, 0.1) is 0 Å². The van der Waals surface area contributed by atoms with Crippen LogP contribution in [0.4, 0.5) is 0 Å². The molecule has 0 heterocycles. The predicted octanol–water partition coefficient (Wildman–Crippen LogP) is 1.73. The smallest absolute Gasteiger partial charge is 0.161 e. The Bertz CT molecular complexity index is 325. The molecule has 1 rings (SSSR count). The van der Waals surface area contributed by atoms with Gasteiger partial charge in [-0.05, 0) is 37.0 Å². The van der Waals surface area contributed by atoms with E-state index in [2.05, 4.69) is 0 Å². The van der Waals surface area contributed by atoms with Crippen LogP contribution in [0.5, 0.6) is 11.5 Å². The molecule has 4 nitrogen and oxygen atoms in total. The molecule has 0 radical (unpaired) electrons. The van der Waals surface area contributed by atoms with Crippen LogP contribution in [0.1, 0.15) is 24.8 Å². The maximum absolute atomic E-state index is 9.00. The van der Waals surface area contributed by atoms with Crippen molar-refractivity contribution in [3.8, 4) is 11.5 Å². The number of hydrogen-bond donors (Lipinski definition) is 2. The van der Waals surface area contributed by atoms with Crippen LogP contribution >= 0.6 is 0 Å². The van der Waals surface area contributed by atoms with E-state index < -0.39 is 0 Å². The zero-order valence-corrected chi connectivity index (χ0v) is 10.2. The summed E-state index contributed by atoms with van der Waals surface area (Å²) in [6, 6.07) is 5.38. The molecular formula is C13H20O4. The van der Waals surface area contributed by atoms with Crippen molar-refractivity contribution in [1.29, 1.82) is 0 Å². The lowest BCUT2D eigenvalue weighted by Gasteiger charge is -2.11. The normalized spacial score (nSPS) is 10.3. The van der Waals surface area contributed by atoms with Gasteiger partial charge in [0.05, 0.1) is 20.3 Å². The average Bonchev–Trinajstić information content (AvgIpc) is 2.38. The molecule has 2 N–H and O–H groups in total. The number of ether oxygens (including phenoxy) is 2. The topological polar surface area (TPSA) is 58.9 Å². The van der Waals surface area contributed by atoms with Gasteiger partial charge in [-0.15, -0.1) is 0 Å². The lowest BCUT2D eigenvalue weighted by Crippen LogP contribution is -2.00. The molecule has 0 fully saturated rings. The minimum Gasteiger partial charge on any atom is -0.493 e. The number of hydrogen-bond acceptors (Lipinski definition) is 4. The largest absolute Gasteiger partial charge is 0.493 e. The lowest BCUT2D eigenvalue weighted by atomic mass is 10.2. The maximum Gasteiger partial charge on any atom is 0.161 e. The van der Waals surface area contributed by atoms with Crippen LogP contribution in [0.15, 0.2) is 18.2 Å². The summed E-state index contributed by atoms with van der Waals surface area (Å²) in [7, 11) is 1.58. The number of benzene rings is 1. The highest BCUT2D eigenvalue weighted by molar-refractivity contribution is 5.42. The van der Waals surface area contributed by atoms with Gasteiger partial charge in [-0.2, -0.15) is 0 Å². The number of unbranched alkanes of at least 4 members (excludes halogenated alkanes) is 2. The van der Waals surface area contributed by atoms with E-state index in [1.165, 1.54) is 0 Å². The van der Waals surface area contributed by atoms with Crippen molar-refractivity contribution in [2.75, 3.05) is 20.3 Å². The molecule has 0 amide bonds. The summed E-state index contributed by atoms with van der Waals surface area (Å²) >= 11 is 0.